The minimum atomic E-state index is -1.03. The summed E-state index contributed by atoms with van der Waals surface area (Å²) in [6.07, 6.45) is 0.676. The summed E-state index contributed by atoms with van der Waals surface area (Å²) in [7, 11) is 3.12. The van der Waals surface area contributed by atoms with Gasteiger partial charge in [0.15, 0.2) is 0 Å². The number of carbonyl (C=O) groups excluding carboxylic acids is 5. The number of likely N-dealkylation sites (tertiary alicyclic amines) is 1. The van der Waals surface area contributed by atoms with E-state index in [1.54, 1.807) is 32.8 Å². The minimum absolute atomic E-state index is 0.0582. The maximum Gasteiger partial charge on any atom is 0.327 e. The molecule has 1 aliphatic carbocycles. The lowest BCUT2D eigenvalue weighted by Gasteiger charge is -2.40. The molecule has 2 saturated heterocycles. The molecular formula is C23H37N5O5S. The summed E-state index contributed by atoms with van der Waals surface area (Å²) in [4.78, 5) is 68.2. The van der Waals surface area contributed by atoms with E-state index in [4.69, 9.17) is 0 Å². The first-order chi connectivity index (χ1) is 15.5. The van der Waals surface area contributed by atoms with Crippen molar-refractivity contribution in [1.29, 1.82) is 0 Å². The molecule has 0 radical (unpaired) electrons. The fourth-order valence-corrected chi connectivity index (χ4v) is 5.39. The second-order valence-corrected chi connectivity index (χ2v) is 11.9. The van der Waals surface area contributed by atoms with E-state index >= 15 is 0 Å². The number of nitrogens with zero attached hydrogens (tertiary/aromatic N) is 3. The Balaban J connectivity index is 1.68. The Labute approximate surface area is 206 Å². The van der Waals surface area contributed by atoms with Gasteiger partial charge in [0, 0.05) is 32.6 Å². The Hall–Kier alpha value is -2.30. The van der Waals surface area contributed by atoms with Crippen LogP contribution in [0.4, 0.5) is 4.79 Å². The molecule has 3 aliphatic rings. The van der Waals surface area contributed by atoms with Gasteiger partial charge in [-0.05, 0) is 39.0 Å². The van der Waals surface area contributed by atoms with Gasteiger partial charge in [0.1, 0.15) is 17.1 Å². The van der Waals surface area contributed by atoms with Crippen molar-refractivity contribution in [1.82, 2.24) is 25.3 Å². The maximum absolute atomic E-state index is 13.5. The van der Waals surface area contributed by atoms with Crippen LogP contribution in [0.5, 0.6) is 0 Å². The minimum Gasteiger partial charge on any atom is -0.357 e. The number of piperidine rings is 1. The fraction of sp³-hybridized carbons (Fsp3) is 0.783. The molecule has 6 amide bonds. The lowest BCUT2D eigenvalue weighted by Crippen LogP contribution is -2.59. The normalized spacial score (nSPS) is 29.8. The highest BCUT2D eigenvalue weighted by Crippen LogP contribution is 2.55. The standard InChI is InChI=1S/C23H37N5O5S/c1-12-13-11-23(13,19(32)28(12)15(17(30)24-7)21(2,3)4)25-16(29)14(34)9-10-27-18(31)22(5,6)26(8)20(27)33/h12-15,34H,9-11H2,1-8H3,(H,24,30)(H,25,29)/t12?,13?,14-,15+,23?/m0/s1. The van der Waals surface area contributed by atoms with Gasteiger partial charge in [-0.1, -0.05) is 20.8 Å². The second-order valence-electron chi connectivity index (χ2n) is 11.3. The van der Waals surface area contributed by atoms with E-state index in [9.17, 15) is 24.0 Å². The molecule has 0 aromatic carbocycles. The molecule has 3 unspecified atom stereocenters. The van der Waals surface area contributed by atoms with Crippen LogP contribution in [-0.2, 0) is 19.2 Å². The zero-order valence-corrected chi connectivity index (χ0v) is 22.2. The van der Waals surface area contributed by atoms with Gasteiger partial charge in [-0.2, -0.15) is 12.6 Å². The van der Waals surface area contributed by atoms with Crippen LogP contribution in [0, 0.1) is 11.3 Å². The number of carbonyl (C=O) groups is 5. The monoisotopic (exact) mass is 495 g/mol. The molecule has 11 heteroatoms. The molecule has 0 spiro atoms. The third-order valence-electron chi connectivity index (χ3n) is 7.65. The van der Waals surface area contributed by atoms with E-state index in [0.29, 0.717) is 6.42 Å². The predicted molar refractivity (Wildman–Crippen MR) is 129 cm³/mol. The van der Waals surface area contributed by atoms with Crippen molar-refractivity contribution in [3.8, 4) is 0 Å². The van der Waals surface area contributed by atoms with Crippen LogP contribution in [0.3, 0.4) is 0 Å². The summed E-state index contributed by atoms with van der Waals surface area (Å²) in [5.41, 5.74) is -2.46. The SMILES string of the molecule is CNC(=O)[C@@H](N1C(=O)C2(NC(=O)[C@@H](S)CCN3C(=O)N(C)C(C)(C)C3=O)CC2C1C)C(C)(C)C. The van der Waals surface area contributed by atoms with Crippen LogP contribution in [0.1, 0.15) is 54.4 Å². The van der Waals surface area contributed by atoms with Crippen LogP contribution in [-0.4, -0.2) is 93.4 Å². The second kappa shape index (κ2) is 8.42. The first kappa shape index (κ1) is 26.3. The van der Waals surface area contributed by atoms with Crippen molar-refractivity contribution in [2.24, 2.45) is 11.3 Å². The molecule has 2 heterocycles. The Morgan fingerprint density at radius 2 is 1.74 bits per heavy atom. The van der Waals surface area contributed by atoms with Crippen molar-refractivity contribution in [2.75, 3.05) is 20.6 Å². The molecule has 3 fully saturated rings. The summed E-state index contributed by atoms with van der Waals surface area (Å²) < 4.78 is 0. The number of hydrogen-bond donors (Lipinski definition) is 3. The summed E-state index contributed by atoms with van der Waals surface area (Å²) in [6.45, 7) is 11.0. The van der Waals surface area contributed by atoms with Crippen LogP contribution in [0.15, 0.2) is 0 Å². The van der Waals surface area contributed by atoms with Gasteiger partial charge in [0.25, 0.3) is 5.91 Å². The largest absolute Gasteiger partial charge is 0.357 e. The average molecular weight is 496 g/mol. The highest BCUT2D eigenvalue weighted by Gasteiger charge is 2.72. The topological polar surface area (TPSA) is 119 Å². The summed E-state index contributed by atoms with van der Waals surface area (Å²) in [5, 5.41) is 4.74. The van der Waals surface area contributed by atoms with Crippen molar-refractivity contribution in [3.05, 3.63) is 0 Å². The lowest BCUT2D eigenvalue weighted by atomic mass is 9.84. The van der Waals surface area contributed by atoms with Crippen molar-refractivity contribution in [2.45, 2.75) is 82.8 Å². The number of rotatable bonds is 7. The predicted octanol–water partition coefficient (Wildman–Crippen LogP) is 0.614. The third-order valence-corrected chi connectivity index (χ3v) is 8.14. The number of urea groups is 1. The third kappa shape index (κ3) is 3.95. The van der Waals surface area contributed by atoms with Crippen molar-refractivity contribution >= 4 is 42.3 Å². The Bertz CT molecular complexity index is 931. The molecule has 10 nitrogen and oxygen atoms in total. The average Bonchev–Trinajstić information content (AvgIpc) is 3.40. The fourth-order valence-electron chi connectivity index (χ4n) is 5.21. The summed E-state index contributed by atoms with van der Waals surface area (Å²) in [6, 6.07) is -1.28. The molecule has 5 atom stereocenters. The highest BCUT2D eigenvalue weighted by molar-refractivity contribution is 7.81. The van der Waals surface area contributed by atoms with Gasteiger partial charge >= 0.3 is 6.03 Å². The first-order valence-corrected chi connectivity index (χ1v) is 12.2. The zero-order chi connectivity index (χ0) is 26.0. The van der Waals surface area contributed by atoms with Crippen LogP contribution in [0.2, 0.25) is 0 Å². The van der Waals surface area contributed by atoms with Crippen LogP contribution < -0.4 is 10.6 Å². The van der Waals surface area contributed by atoms with E-state index in [1.807, 2.05) is 27.7 Å². The molecule has 2 aliphatic heterocycles. The number of imide groups is 1. The smallest absolute Gasteiger partial charge is 0.327 e. The van der Waals surface area contributed by atoms with E-state index < -0.39 is 39.7 Å². The number of fused-ring (bicyclic) bond motifs is 1. The quantitative estimate of drug-likeness (QED) is 0.353. The molecule has 1 saturated carbocycles. The van der Waals surface area contributed by atoms with Gasteiger partial charge in [-0.15, -0.1) is 0 Å². The molecule has 34 heavy (non-hydrogen) atoms. The Morgan fingerprint density at radius 3 is 2.21 bits per heavy atom. The van der Waals surface area contributed by atoms with Gasteiger partial charge in [0.2, 0.25) is 17.7 Å². The Kier molecular flexibility index (Phi) is 6.52. The number of thiol groups is 1. The molecular weight excluding hydrogens is 458 g/mol. The lowest BCUT2D eigenvalue weighted by molar-refractivity contribution is -0.146. The molecule has 190 valence electrons. The Morgan fingerprint density at radius 1 is 1.15 bits per heavy atom. The maximum atomic E-state index is 13.5. The van der Waals surface area contributed by atoms with E-state index in [-0.39, 0.29) is 42.6 Å². The molecule has 0 aromatic heterocycles. The van der Waals surface area contributed by atoms with Gasteiger partial charge < -0.3 is 20.4 Å². The number of amides is 6. The van der Waals surface area contributed by atoms with Crippen LogP contribution >= 0.6 is 12.6 Å². The molecule has 3 rings (SSSR count). The van der Waals surface area contributed by atoms with E-state index in [1.165, 1.54) is 4.90 Å². The van der Waals surface area contributed by atoms with Gasteiger partial charge in [-0.3, -0.25) is 24.1 Å². The highest BCUT2D eigenvalue weighted by atomic mass is 32.1. The zero-order valence-electron chi connectivity index (χ0n) is 21.3. The summed E-state index contributed by atoms with van der Waals surface area (Å²) >= 11 is 4.40. The van der Waals surface area contributed by atoms with E-state index in [2.05, 4.69) is 23.3 Å². The van der Waals surface area contributed by atoms with Crippen molar-refractivity contribution < 1.29 is 24.0 Å². The van der Waals surface area contributed by atoms with E-state index in [0.717, 1.165) is 4.90 Å². The van der Waals surface area contributed by atoms with Crippen LogP contribution in [0.25, 0.3) is 0 Å². The molecule has 0 bridgehead atoms. The van der Waals surface area contributed by atoms with Gasteiger partial charge in [-0.25, -0.2) is 4.79 Å². The van der Waals surface area contributed by atoms with Crippen molar-refractivity contribution in [3.63, 3.8) is 0 Å². The molecule has 0 aromatic rings. The van der Waals surface area contributed by atoms with Gasteiger partial charge in [0.05, 0.1) is 5.25 Å². The number of nitrogens with one attached hydrogen (secondary N) is 2. The first-order valence-electron chi connectivity index (χ1n) is 11.7. The summed E-state index contributed by atoms with van der Waals surface area (Å²) in [5.74, 6) is -1.33. The number of hydrogen-bond acceptors (Lipinski definition) is 6. The number of likely N-dealkylation sites (N-methyl/N-ethyl adjacent to an activating group) is 2. The molecule has 2 N–H and O–H groups in total.